The number of aromatic nitrogens is 1. The second-order valence-electron chi connectivity index (χ2n) is 3.47. The monoisotopic (exact) mass is 242 g/mol. The lowest BCUT2D eigenvalue weighted by Crippen LogP contribution is -2.30. The highest BCUT2D eigenvalue weighted by molar-refractivity contribution is 6.17. The molecule has 0 aliphatic rings. The van der Waals surface area contributed by atoms with E-state index in [9.17, 15) is 4.79 Å². The lowest BCUT2D eigenvalue weighted by Gasteiger charge is -2.18. The predicted molar refractivity (Wildman–Crippen MR) is 62.5 cm³/mol. The van der Waals surface area contributed by atoms with Gasteiger partial charge in [-0.25, -0.2) is 0 Å². The highest BCUT2D eigenvalue weighted by Gasteiger charge is 2.10. The van der Waals surface area contributed by atoms with Crippen LogP contribution >= 0.6 is 11.6 Å². The largest absolute Gasteiger partial charge is 0.480 e. The van der Waals surface area contributed by atoms with Crippen LogP contribution < -0.4 is 0 Å². The molecule has 0 fully saturated rings. The second-order valence-corrected chi connectivity index (χ2v) is 3.85. The molecule has 0 aliphatic carbocycles. The molecule has 0 radical (unpaired) electrons. The molecule has 16 heavy (non-hydrogen) atoms. The summed E-state index contributed by atoms with van der Waals surface area (Å²) in [6.45, 7) is 1.24. The summed E-state index contributed by atoms with van der Waals surface area (Å²) in [6, 6.07) is 5.61. The first-order chi connectivity index (χ1) is 7.72. The van der Waals surface area contributed by atoms with E-state index in [-0.39, 0.29) is 6.54 Å². The van der Waals surface area contributed by atoms with Gasteiger partial charge in [0.2, 0.25) is 0 Å². The van der Waals surface area contributed by atoms with Crippen molar-refractivity contribution in [1.29, 1.82) is 0 Å². The number of aliphatic carboxylic acids is 1. The zero-order chi connectivity index (χ0) is 11.8. The van der Waals surface area contributed by atoms with E-state index in [0.717, 1.165) is 12.1 Å². The van der Waals surface area contributed by atoms with Gasteiger partial charge in [-0.05, 0) is 18.6 Å². The number of rotatable bonds is 7. The smallest absolute Gasteiger partial charge is 0.317 e. The molecule has 0 spiro atoms. The van der Waals surface area contributed by atoms with Crippen LogP contribution in [-0.4, -0.2) is 39.9 Å². The Kier molecular flexibility index (Phi) is 5.82. The third-order valence-electron chi connectivity index (χ3n) is 2.08. The van der Waals surface area contributed by atoms with Crippen molar-refractivity contribution in [3.05, 3.63) is 30.1 Å². The number of carboxylic acids is 1. The molecule has 0 atom stereocenters. The van der Waals surface area contributed by atoms with E-state index in [1.54, 1.807) is 6.20 Å². The van der Waals surface area contributed by atoms with Crippen molar-refractivity contribution in [2.24, 2.45) is 0 Å². The topological polar surface area (TPSA) is 53.4 Å². The number of alkyl halides is 1. The average Bonchev–Trinajstić information content (AvgIpc) is 2.26. The fourth-order valence-electron chi connectivity index (χ4n) is 1.41. The van der Waals surface area contributed by atoms with Crippen molar-refractivity contribution in [2.45, 2.75) is 13.0 Å². The van der Waals surface area contributed by atoms with Gasteiger partial charge in [-0.1, -0.05) is 6.07 Å². The van der Waals surface area contributed by atoms with Gasteiger partial charge < -0.3 is 5.11 Å². The molecule has 0 aliphatic heterocycles. The normalized spacial score (nSPS) is 10.6. The second kappa shape index (κ2) is 7.19. The molecule has 0 bridgehead atoms. The lowest BCUT2D eigenvalue weighted by atomic mass is 10.3. The molecule has 1 N–H and O–H groups in total. The van der Waals surface area contributed by atoms with Crippen molar-refractivity contribution in [1.82, 2.24) is 9.88 Å². The Morgan fingerprint density at radius 3 is 2.88 bits per heavy atom. The molecule has 0 aromatic carbocycles. The summed E-state index contributed by atoms with van der Waals surface area (Å²) in [5.74, 6) is -0.288. The minimum absolute atomic E-state index is 0.0213. The van der Waals surface area contributed by atoms with E-state index in [0.29, 0.717) is 19.0 Å². The van der Waals surface area contributed by atoms with Crippen molar-refractivity contribution in [3.63, 3.8) is 0 Å². The SMILES string of the molecule is O=C(O)CN(CCCCl)Cc1ccccn1. The van der Waals surface area contributed by atoms with Gasteiger partial charge in [0.05, 0.1) is 12.2 Å². The first-order valence-electron chi connectivity index (χ1n) is 5.12. The van der Waals surface area contributed by atoms with E-state index in [1.165, 1.54) is 0 Å². The lowest BCUT2D eigenvalue weighted by molar-refractivity contribution is -0.138. The van der Waals surface area contributed by atoms with Crippen LogP contribution in [0.25, 0.3) is 0 Å². The number of nitrogens with zero attached hydrogens (tertiary/aromatic N) is 2. The summed E-state index contributed by atoms with van der Waals surface area (Å²) in [5, 5.41) is 8.77. The van der Waals surface area contributed by atoms with Gasteiger partial charge in [0.15, 0.2) is 0 Å². The van der Waals surface area contributed by atoms with Crippen molar-refractivity contribution >= 4 is 17.6 Å². The van der Waals surface area contributed by atoms with Crippen LogP contribution in [0, 0.1) is 0 Å². The van der Waals surface area contributed by atoms with E-state index in [4.69, 9.17) is 16.7 Å². The summed E-state index contributed by atoms with van der Waals surface area (Å²) in [6.07, 6.45) is 2.48. The van der Waals surface area contributed by atoms with Gasteiger partial charge in [-0.2, -0.15) is 0 Å². The Balaban J connectivity index is 2.52. The van der Waals surface area contributed by atoms with Crippen molar-refractivity contribution in [2.75, 3.05) is 19.0 Å². The van der Waals surface area contributed by atoms with Crippen molar-refractivity contribution < 1.29 is 9.90 Å². The molecule has 0 saturated carbocycles. The van der Waals surface area contributed by atoms with Crippen LogP contribution in [0.3, 0.4) is 0 Å². The van der Waals surface area contributed by atoms with Gasteiger partial charge >= 0.3 is 5.97 Å². The predicted octanol–water partition coefficient (Wildman–Crippen LogP) is 1.60. The van der Waals surface area contributed by atoms with Crippen molar-refractivity contribution in [3.8, 4) is 0 Å². The fraction of sp³-hybridized carbons (Fsp3) is 0.455. The maximum Gasteiger partial charge on any atom is 0.317 e. The maximum absolute atomic E-state index is 10.7. The Bertz CT molecular complexity index is 319. The molecule has 0 unspecified atom stereocenters. The molecular formula is C11H15ClN2O2. The first kappa shape index (κ1) is 12.9. The van der Waals surface area contributed by atoms with Crippen LogP contribution in [0.15, 0.2) is 24.4 Å². The van der Waals surface area contributed by atoms with Crippen LogP contribution in [0.5, 0.6) is 0 Å². The molecule has 0 amide bonds. The zero-order valence-electron chi connectivity index (χ0n) is 8.97. The van der Waals surface area contributed by atoms with Gasteiger partial charge in [-0.15, -0.1) is 11.6 Å². The van der Waals surface area contributed by atoms with E-state index >= 15 is 0 Å². The fourth-order valence-corrected chi connectivity index (χ4v) is 1.53. The Labute approximate surface area is 99.9 Å². The summed E-state index contributed by atoms with van der Waals surface area (Å²) >= 11 is 5.60. The quantitative estimate of drug-likeness (QED) is 0.738. The number of hydrogen-bond donors (Lipinski definition) is 1. The maximum atomic E-state index is 10.7. The molecule has 4 nitrogen and oxygen atoms in total. The number of pyridine rings is 1. The summed E-state index contributed by atoms with van der Waals surface area (Å²) < 4.78 is 0. The van der Waals surface area contributed by atoms with Gasteiger partial charge in [0.1, 0.15) is 0 Å². The standard InChI is InChI=1S/C11H15ClN2O2/c12-5-3-7-14(9-11(15)16)8-10-4-1-2-6-13-10/h1-2,4,6H,3,5,7-9H2,(H,15,16). The molecule has 88 valence electrons. The Morgan fingerprint density at radius 1 is 1.50 bits per heavy atom. The Hall–Kier alpha value is -1.13. The van der Waals surface area contributed by atoms with Gasteiger partial charge in [-0.3, -0.25) is 14.7 Å². The first-order valence-corrected chi connectivity index (χ1v) is 5.66. The molecule has 5 heteroatoms. The third kappa shape index (κ3) is 5.09. The molecule has 1 rings (SSSR count). The molecule has 1 heterocycles. The third-order valence-corrected chi connectivity index (χ3v) is 2.35. The highest BCUT2D eigenvalue weighted by atomic mass is 35.5. The minimum atomic E-state index is -0.828. The number of carbonyl (C=O) groups is 1. The van der Waals surface area contributed by atoms with E-state index < -0.39 is 5.97 Å². The number of carboxylic acid groups (broad SMARTS) is 1. The molecule has 0 saturated heterocycles. The van der Waals surface area contributed by atoms with Crippen LogP contribution in [0.2, 0.25) is 0 Å². The average molecular weight is 243 g/mol. The highest BCUT2D eigenvalue weighted by Crippen LogP contribution is 2.02. The number of hydrogen-bond acceptors (Lipinski definition) is 3. The van der Waals surface area contributed by atoms with E-state index in [1.807, 2.05) is 23.1 Å². The van der Waals surface area contributed by atoms with Crippen LogP contribution in [-0.2, 0) is 11.3 Å². The molecule has 1 aromatic heterocycles. The summed E-state index contributed by atoms with van der Waals surface area (Å²) in [4.78, 5) is 16.7. The van der Waals surface area contributed by atoms with Crippen LogP contribution in [0.4, 0.5) is 0 Å². The molecular weight excluding hydrogens is 228 g/mol. The minimum Gasteiger partial charge on any atom is -0.480 e. The van der Waals surface area contributed by atoms with E-state index in [2.05, 4.69) is 4.98 Å². The summed E-state index contributed by atoms with van der Waals surface area (Å²) in [5.41, 5.74) is 0.873. The van der Waals surface area contributed by atoms with Crippen LogP contribution in [0.1, 0.15) is 12.1 Å². The zero-order valence-corrected chi connectivity index (χ0v) is 9.73. The molecule has 1 aromatic rings. The summed E-state index contributed by atoms with van der Waals surface area (Å²) in [7, 11) is 0. The number of halogens is 1. The van der Waals surface area contributed by atoms with Gasteiger partial charge in [0, 0.05) is 25.2 Å². The Morgan fingerprint density at radius 2 is 2.31 bits per heavy atom. The van der Waals surface area contributed by atoms with Gasteiger partial charge in [0.25, 0.3) is 0 Å².